The third kappa shape index (κ3) is 7.83. The quantitative estimate of drug-likeness (QED) is 0.195. The van der Waals surface area contributed by atoms with Gasteiger partial charge in [-0.05, 0) is 62.2 Å². The van der Waals surface area contributed by atoms with E-state index in [9.17, 15) is 10.2 Å². The molecule has 3 rings (SSSR count). The molecule has 6 nitrogen and oxygen atoms in total. The second kappa shape index (κ2) is 11.6. The Labute approximate surface area is 255 Å². The van der Waals surface area contributed by atoms with Gasteiger partial charge in [-0.3, -0.25) is 5.10 Å². The van der Waals surface area contributed by atoms with E-state index in [0.717, 1.165) is 33.6 Å². The van der Waals surface area contributed by atoms with Crippen LogP contribution in [0, 0.1) is 4.77 Å². The molecule has 0 saturated carbocycles. The number of aromatic amines is 1. The van der Waals surface area contributed by atoms with E-state index in [4.69, 9.17) is 12.2 Å². The molecule has 41 heavy (non-hydrogen) atoms. The molecule has 1 aromatic heterocycles. The summed E-state index contributed by atoms with van der Waals surface area (Å²) >= 11 is 7.21. The molecule has 0 atom stereocenters. The Morgan fingerprint density at radius 1 is 0.780 bits per heavy atom. The van der Waals surface area contributed by atoms with Crippen molar-refractivity contribution in [3.63, 3.8) is 0 Å². The predicted octanol–water partition coefficient (Wildman–Crippen LogP) is 8.86. The molecule has 2 aromatic carbocycles. The standard InChI is InChI=1S/C33H48N4O2S2/c1-30(2,3)22-15-21(27(38)25(16-22)33(10,11)12)17-34-37-26(35-36-29(37)40)19-41-18-20-13-23(31(4,5)6)28(39)24(14-20)32(7,8)9/h13-17,38-39H,18-19H2,1-12H3,(H,36,40)/b34-17+. The zero-order valence-corrected chi connectivity index (χ0v) is 28.5. The lowest BCUT2D eigenvalue weighted by atomic mass is 9.78. The number of aromatic hydroxyl groups is 2. The molecule has 8 heteroatoms. The highest BCUT2D eigenvalue weighted by atomic mass is 32.2. The highest BCUT2D eigenvalue weighted by Gasteiger charge is 2.27. The maximum absolute atomic E-state index is 11.2. The summed E-state index contributed by atoms with van der Waals surface area (Å²) in [5.74, 6) is 2.66. The monoisotopic (exact) mass is 596 g/mol. The molecule has 0 saturated heterocycles. The van der Waals surface area contributed by atoms with Crippen LogP contribution >= 0.6 is 24.0 Å². The SMILES string of the molecule is CC(C)(C)c1cc(/C=N/n2c(CSCc3cc(C(C)(C)C)c(O)c(C(C)(C)C)c3)n[nH]c2=S)c(O)c(C(C)(C)C)c1. The number of rotatable bonds is 6. The van der Waals surface area contributed by atoms with Crippen LogP contribution in [0.2, 0.25) is 0 Å². The third-order valence-corrected chi connectivity index (χ3v) is 8.39. The highest BCUT2D eigenvalue weighted by Crippen LogP contribution is 2.41. The zero-order chi connectivity index (χ0) is 31.1. The summed E-state index contributed by atoms with van der Waals surface area (Å²) in [6.45, 7) is 25.5. The minimum atomic E-state index is -0.227. The van der Waals surface area contributed by atoms with E-state index >= 15 is 0 Å². The highest BCUT2D eigenvalue weighted by molar-refractivity contribution is 7.97. The summed E-state index contributed by atoms with van der Waals surface area (Å²) in [6, 6.07) is 8.32. The predicted molar refractivity (Wildman–Crippen MR) is 176 cm³/mol. The fraction of sp³-hybridized carbons (Fsp3) is 0.545. The lowest BCUT2D eigenvalue weighted by molar-refractivity contribution is 0.423. The number of thioether (sulfide) groups is 1. The Morgan fingerprint density at radius 2 is 1.29 bits per heavy atom. The van der Waals surface area contributed by atoms with E-state index in [-0.39, 0.29) is 27.4 Å². The van der Waals surface area contributed by atoms with Crippen molar-refractivity contribution in [3.05, 3.63) is 68.2 Å². The number of nitrogens with one attached hydrogen (secondary N) is 1. The van der Waals surface area contributed by atoms with Crippen molar-refractivity contribution in [2.45, 2.75) is 116 Å². The van der Waals surface area contributed by atoms with Crippen molar-refractivity contribution in [1.82, 2.24) is 14.9 Å². The van der Waals surface area contributed by atoms with Gasteiger partial charge in [-0.2, -0.15) is 14.9 Å². The van der Waals surface area contributed by atoms with Crippen LogP contribution in [-0.2, 0) is 33.2 Å². The van der Waals surface area contributed by atoms with Crippen molar-refractivity contribution >= 4 is 30.2 Å². The van der Waals surface area contributed by atoms with Gasteiger partial charge in [0.1, 0.15) is 11.5 Å². The van der Waals surface area contributed by atoms with E-state index in [1.165, 1.54) is 0 Å². The fourth-order valence-electron chi connectivity index (χ4n) is 4.60. The van der Waals surface area contributed by atoms with E-state index in [0.29, 0.717) is 27.7 Å². The van der Waals surface area contributed by atoms with Gasteiger partial charge in [0.15, 0.2) is 5.82 Å². The second-order valence-electron chi connectivity index (χ2n) is 15.0. The first-order valence-corrected chi connectivity index (χ1v) is 15.7. The van der Waals surface area contributed by atoms with Crippen LogP contribution in [-0.4, -0.2) is 31.3 Å². The fourth-order valence-corrected chi connectivity index (χ4v) is 5.67. The molecule has 3 aromatic rings. The molecular weight excluding hydrogens is 549 g/mol. The minimum Gasteiger partial charge on any atom is -0.507 e. The van der Waals surface area contributed by atoms with Gasteiger partial charge in [-0.1, -0.05) is 101 Å². The van der Waals surface area contributed by atoms with E-state index < -0.39 is 0 Å². The molecule has 0 unspecified atom stereocenters. The summed E-state index contributed by atoms with van der Waals surface area (Å²) in [6.07, 6.45) is 1.67. The first-order valence-electron chi connectivity index (χ1n) is 14.1. The van der Waals surface area contributed by atoms with Crippen molar-refractivity contribution in [2.24, 2.45) is 5.10 Å². The molecule has 224 valence electrons. The number of H-pyrrole nitrogens is 1. The van der Waals surface area contributed by atoms with Crippen molar-refractivity contribution < 1.29 is 10.2 Å². The molecule has 1 heterocycles. The lowest BCUT2D eigenvalue weighted by Gasteiger charge is -2.28. The number of phenols is 2. The average molecular weight is 597 g/mol. The van der Waals surface area contributed by atoms with Gasteiger partial charge in [-0.25, -0.2) is 0 Å². The van der Waals surface area contributed by atoms with Gasteiger partial charge in [0.25, 0.3) is 0 Å². The average Bonchev–Trinajstić information content (AvgIpc) is 3.15. The molecule has 0 fully saturated rings. The van der Waals surface area contributed by atoms with Crippen LogP contribution in [0.1, 0.15) is 122 Å². The number of hydrogen-bond acceptors (Lipinski definition) is 6. The van der Waals surface area contributed by atoms with Gasteiger partial charge in [0, 0.05) is 16.9 Å². The molecule has 3 N–H and O–H groups in total. The molecule has 0 radical (unpaired) electrons. The molecule has 0 aliphatic rings. The van der Waals surface area contributed by atoms with Crippen LogP contribution in [0.3, 0.4) is 0 Å². The van der Waals surface area contributed by atoms with E-state index in [1.807, 2.05) is 6.07 Å². The normalized spacial score (nSPS) is 13.4. The Morgan fingerprint density at radius 3 is 1.78 bits per heavy atom. The maximum atomic E-state index is 11.2. The molecule has 0 aliphatic carbocycles. The molecule has 0 aliphatic heterocycles. The Bertz CT molecular complexity index is 1450. The number of aromatic nitrogens is 3. The lowest BCUT2D eigenvalue weighted by Crippen LogP contribution is -2.17. The largest absolute Gasteiger partial charge is 0.507 e. The summed E-state index contributed by atoms with van der Waals surface area (Å²) in [5, 5.41) is 34.2. The Kier molecular flexibility index (Phi) is 9.31. The Balaban J connectivity index is 1.91. The smallest absolute Gasteiger partial charge is 0.216 e. The van der Waals surface area contributed by atoms with Crippen molar-refractivity contribution in [2.75, 3.05) is 0 Å². The van der Waals surface area contributed by atoms with Crippen LogP contribution in [0.25, 0.3) is 0 Å². The molecule has 0 amide bonds. The van der Waals surface area contributed by atoms with Gasteiger partial charge >= 0.3 is 0 Å². The molecule has 0 spiro atoms. The number of phenolic OH excluding ortho intramolecular Hbond substituents is 2. The van der Waals surface area contributed by atoms with Gasteiger partial charge < -0.3 is 10.2 Å². The minimum absolute atomic E-state index is 0.0853. The van der Waals surface area contributed by atoms with Crippen LogP contribution in [0.5, 0.6) is 11.5 Å². The van der Waals surface area contributed by atoms with Crippen LogP contribution < -0.4 is 0 Å². The number of nitrogens with zero attached hydrogens (tertiary/aromatic N) is 3. The molecular formula is C33H48N4O2S2. The first-order chi connectivity index (χ1) is 18.6. The first kappa shape index (κ1) is 32.9. The number of hydrogen-bond donors (Lipinski definition) is 3. The van der Waals surface area contributed by atoms with E-state index in [1.54, 1.807) is 22.7 Å². The summed E-state index contributed by atoms with van der Waals surface area (Å²) in [5.41, 5.74) is 5.08. The number of benzene rings is 2. The summed E-state index contributed by atoms with van der Waals surface area (Å²) in [7, 11) is 0. The maximum Gasteiger partial charge on any atom is 0.216 e. The molecule has 0 bridgehead atoms. The Hall–Kier alpha value is -2.58. The van der Waals surface area contributed by atoms with Crippen molar-refractivity contribution in [3.8, 4) is 11.5 Å². The van der Waals surface area contributed by atoms with Gasteiger partial charge in [-0.15, -0.1) is 11.8 Å². The van der Waals surface area contributed by atoms with Gasteiger partial charge in [0.2, 0.25) is 4.77 Å². The zero-order valence-electron chi connectivity index (χ0n) is 26.9. The van der Waals surface area contributed by atoms with Crippen LogP contribution in [0.15, 0.2) is 29.4 Å². The summed E-state index contributed by atoms with van der Waals surface area (Å²) in [4.78, 5) is 0. The van der Waals surface area contributed by atoms with Gasteiger partial charge in [0.05, 0.1) is 12.0 Å². The summed E-state index contributed by atoms with van der Waals surface area (Å²) < 4.78 is 2.02. The third-order valence-electron chi connectivity index (χ3n) is 7.13. The second-order valence-corrected chi connectivity index (χ2v) is 16.4. The van der Waals surface area contributed by atoms with Crippen molar-refractivity contribution in [1.29, 1.82) is 0 Å². The topological polar surface area (TPSA) is 86.4 Å². The van der Waals surface area contributed by atoms with E-state index in [2.05, 4.69) is 117 Å². The van der Waals surface area contributed by atoms with Crippen LogP contribution in [0.4, 0.5) is 0 Å².